The van der Waals surface area contributed by atoms with E-state index >= 15 is 0 Å². The molecular weight excluding hydrogens is 814 g/mol. The lowest BCUT2D eigenvalue weighted by Crippen LogP contribution is -2.36. The van der Waals surface area contributed by atoms with Gasteiger partial charge in [-0.3, -0.25) is 18.9 Å². The molecular formula is C41H40Cl4N6O6. The van der Waals surface area contributed by atoms with E-state index in [2.05, 4.69) is 19.8 Å². The maximum absolute atomic E-state index is 12.6. The van der Waals surface area contributed by atoms with E-state index in [-0.39, 0.29) is 29.0 Å². The molecule has 12 nitrogen and oxygen atoms in total. The molecule has 0 unspecified atom stereocenters. The minimum absolute atomic E-state index is 0.0777. The molecule has 2 aliphatic heterocycles. The molecule has 0 aliphatic carbocycles. The Labute approximate surface area is 347 Å². The van der Waals surface area contributed by atoms with Crippen LogP contribution in [0.5, 0.6) is 0 Å². The Morgan fingerprint density at radius 3 is 1.47 bits per heavy atom. The summed E-state index contributed by atoms with van der Waals surface area (Å²) in [6.45, 7) is 4.92. The minimum Gasteiger partial charge on any atom is -0.478 e. The molecule has 3 N–H and O–H groups in total. The Hall–Kier alpha value is -4.56. The number of aromatic carboxylic acids is 1. The number of nitrogens with zero attached hydrogens (tertiary/aromatic N) is 4. The molecule has 0 radical (unpaired) electrons. The number of aromatic nitrogens is 4. The number of carbonyl (C=O) groups excluding carboxylic acids is 1. The Kier molecular flexibility index (Phi) is 12.5. The largest absolute Gasteiger partial charge is 0.478 e. The molecule has 57 heavy (non-hydrogen) atoms. The van der Waals surface area contributed by atoms with Crippen molar-refractivity contribution in [2.24, 2.45) is 0 Å². The summed E-state index contributed by atoms with van der Waals surface area (Å²) in [6, 6.07) is 21.2. The first-order valence-corrected chi connectivity index (χ1v) is 20.0. The Balaban J connectivity index is 0.000000174. The lowest BCUT2D eigenvalue weighted by Gasteiger charge is -2.32. The number of hydrogen-bond donors (Lipinski definition) is 3. The summed E-state index contributed by atoms with van der Waals surface area (Å²) in [5.74, 6) is -1.43. The summed E-state index contributed by atoms with van der Waals surface area (Å²) >= 11 is 24.5. The van der Waals surface area contributed by atoms with Crippen LogP contribution in [0.25, 0.3) is 22.1 Å². The van der Waals surface area contributed by atoms with E-state index in [0.717, 1.165) is 87.1 Å². The second-order valence-corrected chi connectivity index (χ2v) is 16.0. The van der Waals surface area contributed by atoms with Crippen LogP contribution in [0.2, 0.25) is 20.1 Å². The van der Waals surface area contributed by atoms with Crippen LogP contribution in [0, 0.1) is 0 Å². The monoisotopic (exact) mass is 852 g/mol. The van der Waals surface area contributed by atoms with Crippen LogP contribution in [0.1, 0.15) is 69.6 Å². The second-order valence-electron chi connectivity index (χ2n) is 14.3. The highest BCUT2D eigenvalue weighted by atomic mass is 35.5. The second kappa shape index (κ2) is 17.5. The van der Waals surface area contributed by atoms with Crippen LogP contribution in [-0.4, -0.2) is 79.2 Å². The van der Waals surface area contributed by atoms with Crippen molar-refractivity contribution in [2.75, 3.05) is 33.3 Å². The fourth-order valence-corrected chi connectivity index (χ4v) is 8.75. The van der Waals surface area contributed by atoms with Gasteiger partial charge in [-0.2, -0.15) is 0 Å². The number of nitrogens with one attached hydrogen (secondary N) is 2. The smallest absolute Gasteiger partial charge is 0.337 e. The van der Waals surface area contributed by atoms with Crippen molar-refractivity contribution in [3.8, 4) is 0 Å². The average molecular weight is 855 g/mol. The van der Waals surface area contributed by atoms with Crippen LogP contribution in [0.4, 0.5) is 0 Å². The third-order valence-electron chi connectivity index (χ3n) is 10.8. The number of benzene rings is 4. The van der Waals surface area contributed by atoms with Crippen molar-refractivity contribution in [3.63, 3.8) is 0 Å². The molecule has 8 rings (SSSR count). The van der Waals surface area contributed by atoms with Gasteiger partial charge >= 0.3 is 23.3 Å². The van der Waals surface area contributed by atoms with Crippen molar-refractivity contribution in [3.05, 3.63) is 136 Å². The minimum atomic E-state index is -1.01. The molecule has 2 aliphatic rings. The summed E-state index contributed by atoms with van der Waals surface area (Å²) in [5, 5.41) is 11.7. The Morgan fingerprint density at radius 2 is 1.07 bits per heavy atom. The van der Waals surface area contributed by atoms with Crippen molar-refractivity contribution in [1.29, 1.82) is 0 Å². The van der Waals surface area contributed by atoms with Gasteiger partial charge in [0.2, 0.25) is 0 Å². The molecule has 4 aromatic carbocycles. The van der Waals surface area contributed by atoms with Crippen LogP contribution < -0.4 is 11.4 Å². The van der Waals surface area contributed by atoms with E-state index in [4.69, 9.17) is 56.2 Å². The predicted molar refractivity (Wildman–Crippen MR) is 223 cm³/mol. The van der Waals surface area contributed by atoms with E-state index in [1.807, 2.05) is 28.8 Å². The molecule has 0 amide bonds. The van der Waals surface area contributed by atoms with Gasteiger partial charge in [-0.1, -0.05) is 58.5 Å². The molecule has 2 aromatic heterocycles. The topological polar surface area (TPSA) is 146 Å². The van der Waals surface area contributed by atoms with E-state index in [0.29, 0.717) is 36.7 Å². The number of imidazole rings is 2. The lowest BCUT2D eigenvalue weighted by molar-refractivity contribution is 0.0600. The molecule has 298 valence electrons. The maximum Gasteiger partial charge on any atom is 0.337 e. The van der Waals surface area contributed by atoms with Crippen LogP contribution in [0.15, 0.2) is 82.4 Å². The maximum atomic E-state index is 12.6. The van der Waals surface area contributed by atoms with Crippen molar-refractivity contribution in [1.82, 2.24) is 28.9 Å². The highest BCUT2D eigenvalue weighted by molar-refractivity contribution is 6.35. The number of esters is 1. The first-order chi connectivity index (χ1) is 27.4. The summed E-state index contributed by atoms with van der Waals surface area (Å²) in [4.78, 5) is 58.2. The fraction of sp³-hybridized carbons (Fsp3) is 0.317. The highest BCUT2D eigenvalue weighted by Crippen LogP contribution is 2.30. The quantitative estimate of drug-likeness (QED) is 0.130. The molecule has 0 atom stereocenters. The SMILES string of the molecule is COC(=O)c1ccc2c(c1)[nH]c(=O)n2C1CCN(Cc2ccc(Cl)cc2Cl)CC1.O=C(O)c1ccc2c(c1)[nH]c(=O)n2C1CCN(Cc2ccc(Cl)cc2Cl)CC1. The summed E-state index contributed by atoms with van der Waals surface area (Å²) in [7, 11) is 1.34. The number of aromatic amines is 2. The number of likely N-dealkylation sites (tertiary alicyclic amines) is 2. The van der Waals surface area contributed by atoms with E-state index in [9.17, 15) is 19.2 Å². The van der Waals surface area contributed by atoms with Gasteiger partial charge in [0.1, 0.15) is 0 Å². The van der Waals surface area contributed by atoms with Gasteiger partial charge in [-0.05, 0) is 97.5 Å². The van der Waals surface area contributed by atoms with E-state index < -0.39 is 11.9 Å². The molecule has 6 aromatic rings. The van der Waals surface area contributed by atoms with Crippen molar-refractivity contribution < 1.29 is 19.4 Å². The van der Waals surface area contributed by atoms with Gasteiger partial charge in [-0.15, -0.1) is 0 Å². The molecule has 16 heteroatoms. The zero-order valence-electron chi connectivity index (χ0n) is 30.9. The van der Waals surface area contributed by atoms with Gasteiger partial charge in [0, 0.05) is 71.4 Å². The molecule has 4 heterocycles. The highest BCUT2D eigenvalue weighted by Gasteiger charge is 2.26. The zero-order chi connectivity index (χ0) is 40.4. The zero-order valence-corrected chi connectivity index (χ0v) is 34.0. The van der Waals surface area contributed by atoms with Crippen LogP contribution >= 0.6 is 46.4 Å². The number of H-pyrrole nitrogens is 2. The lowest BCUT2D eigenvalue weighted by atomic mass is 10.0. The molecule has 2 saturated heterocycles. The third kappa shape index (κ3) is 9.12. The van der Waals surface area contributed by atoms with Gasteiger partial charge in [0.05, 0.1) is 40.3 Å². The van der Waals surface area contributed by atoms with E-state index in [1.165, 1.54) is 19.2 Å². The third-order valence-corrected chi connectivity index (χ3v) is 11.9. The predicted octanol–water partition coefficient (Wildman–Crippen LogP) is 8.43. The van der Waals surface area contributed by atoms with Crippen LogP contribution in [0.3, 0.4) is 0 Å². The summed E-state index contributed by atoms with van der Waals surface area (Å²) < 4.78 is 8.32. The van der Waals surface area contributed by atoms with Gasteiger partial charge < -0.3 is 19.8 Å². The molecule has 0 spiro atoms. The number of piperidine rings is 2. The number of hydrogen-bond acceptors (Lipinski definition) is 7. The molecule has 0 bridgehead atoms. The number of fused-ring (bicyclic) bond motifs is 2. The van der Waals surface area contributed by atoms with Crippen molar-refractivity contribution >= 4 is 80.4 Å². The molecule has 2 fully saturated rings. The number of ether oxygens (including phenoxy) is 1. The standard InChI is InChI=1S/C21H21Cl2N3O3.C20H19Cl2N3O3/c1-29-20(27)13-3-5-19-18(10-13)24-21(28)26(19)16-6-8-25(9-7-16)12-14-2-4-15(22)11-17(14)23;21-14-3-1-13(16(22)10-14)11-24-7-5-15(6-8-24)25-18-4-2-12(19(26)27)9-17(18)23-20(25)28/h2-5,10-11,16H,6-9,12H2,1H3,(H,24,28);1-4,9-10,15H,5-8,11H2,(H,23,28)(H,26,27). The van der Waals surface area contributed by atoms with Crippen LogP contribution in [-0.2, 0) is 17.8 Å². The first-order valence-electron chi connectivity index (χ1n) is 18.5. The Morgan fingerprint density at radius 1 is 0.649 bits per heavy atom. The number of carboxylic acids is 1. The summed E-state index contributed by atoms with van der Waals surface area (Å²) in [6.07, 6.45) is 3.38. The van der Waals surface area contributed by atoms with Gasteiger partial charge in [0.15, 0.2) is 0 Å². The normalized spacial score (nSPS) is 15.8. The average Bonchev–Trinajstić information content (AvgIpc) is 3.71. The number of methoxy groups -OCH3 is 1. The molecule has 0 saturated carbocycles. The number of carbonyl (C=O) groups is 2. The summed E-state index contributed by atoms with van der Waals surface area (Å²) in [5.41, 5.74) is 5.07. The Bertz CT molecular complexity index is 2560. The first kappa shape index (κ1) is 40.6. The number of halogens is 4. The van der Waals surface area contributed by atoms with Gasteiger partial charge in [0.25, 0.3) is 0 Å². The fourth-order valence-electron chi connectivity index (χ4n) is 7.82. The number of rotatable bonds is 8. The van der Waals surface area contributed by atoms with Gasteiger partial charge in [-0.25, -0.2) is 19.2 Å². The number of carboxylic acid groups (broad SMARTS) is 1. The van der Waals surface area contributed by atoms with E-state index in [1.54, 1.807) is 41.0 Å². The van der Waals surface area contributed by atoms with Crippen molar-refractivity contribution in [2.45, 2.75) is 50.9 Å².